The van der Waals surface area contributed by atoms with Crippen molar-refractivity contribution in [2.45, 2.75) is 37.4 Å². The highest BCUT2D eigenvalue weighted by molar-refractivity contribution is 5.85. The number of hydrogen-bond acceptors (Lipinski definition) is 4. The van der Waals surface area contributed by atoms with Gasteiger partial charge in [-0.2, -0.15) is 0 Å². The average Bonchev–Trinajstić information content (AvgIpc) is 3.30. The zero-order valence-corrected chi connectivity index (χ0v) is 20.7. The van der Waals surface area contributed by atoms with Gasteiger partial charge in [0.1, 0.15) is 0 Å². The van der Waals surface area contributed by atoms with Crippen molar-refractivity contribution in [2.24, 2.45) is 0 Å². The lowest BCUT2D eigenvalue weighted by molar-refractivity contribution is -0.385. The van der Waals surface area contributed by atoms with Gasteiger partial charge in [-0.15, -0.1) is 24.8 Å². The fourth-order valence-electron chi connectivity index (χ4n) is 5.68. The molecule has 0 saturated carbocycles. The normalized spacial score (nSPS) is 20.3. The third kappa shape index (κ3) is 5.44. The summed E-state index contributed by atoms with van der Waals surface area (Å²) in [7, 11) is 0. The predicted octanol–water partition coefficient (Wildman–Crippen LogP) is 5.92. The molecule has 180 valence electrons. The monoisotopic (exact) mass is 499 g/mol. The van der Waals surface area contributed by atoms with Crippen molar-refractivity contribution in [2.75, 3.05) is 19.6 Å². The molecule has 2 fully saturated rings. The van der Waals surface area contributed by atoms with Gasteiger partial charge in [-0.05, 0) is 30.5 Å². The van der Waals surface area contributed by atoms with Crippen LogP contribution in [0.5, 0.6) is 0 Å². The number of nitro groups is 1. The van der Waals surface area contributed by atoms with Gasteiger partial charge in [0.2, 0.25) is 0 Å². The Morgan fingerprint density at radius 3 is 2.06 bits per heavy atom. The quantitative estimate of drug-likeness (QED) is 0.312. The first-order valence-corrected chi connectivity index (χ1v) is 11.5. The highest BCUT2D eigenvalue weighted by atomic mass is 35.5. The zero-order chi connectivity index (χ0) is 21.9. The molecule has 5 nitrogen and oxygen atoms in total. The summed E-state index contributed by atoms with van der Waals surface area (Å²) in [6.45, 7) is 3.62. The third-order valence-electron chi connectivity index (χ3n) is 7.05. The Balaban J connectivity index is 0.00000162. The van der Waals surface area contributed by atoms with Gasteiger partial charge in [-0.1, -0.05) is 78.9 Å². The van der Waals surface area contributed by atoms with Crippen LogP contribution in [0, 0.1) is 10.1 Å². The van der Waals surface area contributed by atoms with E-state index < -0.39 is 0 Å². The minimum atomic E-state index is -0.255. The standard InChI is InChI=1S/C27H29N3O2.2ClH/c31-30(32)25-16-8-7-14-23(25)18-28-19-24-15-9-17-29(24)26(20-28)27(21-10-3-1-4-11-21)22-12-5-2-6-13-22;;/h1-8,10-14,16,24,26-27H,9,15,17-20H2;2*1H. The van der Waals surface area contributed by atoms with E-state index in [9.17, 15) is 10.1 Å². The van der Waals surface area contributed by atoms with Crippen LogP contribution < -0.4 is 0 Å². The molecule has 34 heavy (non-hydrogen) atoms. The van der Waals surface area contributed by atoms with E-state index in [0.717, 1.165) is 25.2 Å². The Morgan fingerprint density at radius 2 is 1.44 bits per heavy atom. The molecule has 2 aliphatic heterocycles. The number of para-hydroxylation sites is 1. The van der Waals surface area contributed by atoms with Gasteiger partial charge in [-0.3, -0.25) is 19.9 Å². The maximum atomic E-state index is 11.6. The van der Waals surface area contributed by atoms with E-state index >= 15 is 0 Å². The zero-order valence-electron chi connectivity index (χ0n) is 19.0. The number of hydrogen-bond donors (Lipinski definition) is 0. The molecular weight excluding hydrogens is 469 g/mol. The molecule has 0 bridgehead atoms. The van der Waals surface area contributed by atoms with Crippen molar-refractivity contribution in [3.8, 4) is 0 Å². The van der Waals surface area contributed by atoms with Gasteiger partial charge in [-0.25, -0.2) is 0 Å². The topological polar surface area (TPSA) is 49.6 Å². The first-order valence-electron chi connectivity index (χ1n) is 11.5. The van der Waals surface area contributed by atoms with Crippen LogP contribution in [0.1, 0.15) is 35.4 Å². The molecule has 0 N–H and O–H groups in total. The van der Waals surface area contributed by atoms with Crippen molar-refractivity contribution in [3.63, 3.8) is 0 Å². The number of nitro benzene ring substituents is 1. The molecule has 2 atom stereocenters. The molecule has 3 aromatic carbocycles. The van der Waals surface area contributed by atoms with Crippen LogP contribution in [0.25, 0.3) is 0 Å². The van der Waals surface area contributed by atoms with E-state index in [4.69, 9.17) is 0 Å². The average molecular weight is 500 g/mol. The minimum Gasteiger partial charge on any atom is -0.296 e. The smallest absolute Gasteiger partial charge is 0.273 e. The van der Waals surface area contributed by atoms with Gasteiger partial charge in [0, 0.05) is 49.3 Å². The Kier molecular flexibility index (Phi) is 9.09. The lowest BCUT2D eigenvalue weighted by atomic mass is 9.82. The molecule has 2 aliphatic rings. The summed E-state index contributed by atoms with van der Waals surface area (Å²) in [6.07, 6.45) is 2.41. The molecule has 2 unspecified atom stereocenters. The van der Waals surface area contributed by atoms with Gasteiger partial charge in [0.15, 0.2) is 0 Å². The van der Waals surface area contributed by atoms with Crippen LogP contribution in [0.3, 0.4) is 0 Å². The number of fused-ring (bicyclic) bond motifs is 1. The van der Waals surface area contributed by atoms with E-state index in [1.807, 2.05) is 12.1 Å². The molecule has 2 saturated heterocycles. The molecule has 0 amide bonds. The van der Waals surface area contributed by atoms with Crippen molar-refractivity contribution in [1.29, 1.82) is 0 Å². The van der Waals surface area contributed by atoms with Gasteiger partial charge >= 0.3 is 0 Å². The van der Waals surface area contributed by atoms with Gasteiger partial charge in [0.05, 0.1) is 4.92 Å². The molecule has 3 aromatic rings. The molecule has 2 heterocycles. The Bertz CT molecular complexity index is 1030. The summed E-state index contributed by atoms with van der Waals surface area (Å²) in [6, 6.07) is 29.6. The first-order chi connectivity index (χ1) is 15.7. The van der Waals surface area contributed by atoms with Crippen molar-refractivity contribution >= 4 is 30.5 Å². The summed E-state index contributed by atoms with van der Waals surface area (Å²) >= 11 is 0. The molecule has 5 rings (SSSR count). The van der Waals surface area contributed by atoms with Crippen molar-refractivity contribution in [3.05, 3.63) is 112 Å². The summed E-state index contributed by atoms with van der Waals surface area (Å²) < 4.78 is 0. The largest absolute Gasteiger partial charge is 0.296 e. The summed E-state index contributed by atoms with van der Waals surface area (Å²) in [5.41, 5.74) is 3.70. The second kappa shape index (κ2) is 11.8. The number of benzene rings is 3. The highest BCUT2D eigenvalue weighted by Crippen LogP contribution is 2.38. The van der Waals surface area contributed by atoms with Crippen molar-refractivity contribution < 1.29 is 4.92 Å². The van der Waals surface area contributed by atoms with Gasteiger partial charge < -0.3 is 0 Å². The molecule has 0 spiro atoms. The van der Waals surface area contributed by atoms with E-state index in [2.05, 4.69) is 70.5 Å². The first kappa shape index (κ1) is 26.2. The number of nitrogens with zero attached hydrogens (tertiary/aromatic N) is 3. The number of piperazine rings is 1. The van der Waals surface area contributed by atoms with Gasteiger partial charge in [0.25, 0.3) is 5.69 Å². The second-order valence-corrected chi connectivity index (χ2v) is 8.98. The fourth-order valence-corrected chi connectivity index (χ4v) is 5.68. The fraction of sp³-hybridized carbons (Fsp3) is 0.333. The van der Waals surface area contributed by atoms with Crippen LogP contribution in [-0.4, -0.2) is 46.4 Å². The molecule has 0 aliphatic carbocycles. The van der Waals surface area contributed by atoms with Crippen LogP contribution >= 0.6 is 24.8 Å². The lowest BCUT2D eigenvalue weighted by Crippen LogP contribution is -2.57. The van der Waals surface area contributed by atoms with Crippen LogP contribution in [0.15, 0.2) is 84.9 Å². The number of halogens is 2. The summed E-state index contributed by atoms with van der Waals surface area (Å²) in [5, 5.41) is 11.6. The maximum Gasteiger partial charge on any atom is 0.273 e. The molecule has 0 radical (unpaired) electrons. The maximum absolute atomic E-state index is 11.6. The van der Waals surface area contributed by atoms with Crippen LogP contribution in [0.2, 0.25) is 0 Å². The summed E-state index contributed by atoms with van der Waals surface area (Å²) in [5.74, 6) is 0.270. The minimum absolute atomic E-state index is 0. The SMILES string of the molecule is Cl.Cl.O=[N+]([O-])c1ccccc1CN1CC2CCCN2C(C(c2ccccc2)c2ccccc2)C1. The molecular formula is C27H31Cl2N3O2. The Morgan fingerprint density at radius 1 is 0.853 bits per heavy atom. The molecule has 0 aromatic heterocycles. The van der Waals surface area contributed by atoms with E-state index in [-0.39, 0.29) is 41.3 Å². The second-order valence-electron chi connectivity index (χ2n) is 8.98. The molecule has 7 heteroatoms. The van der Waals surface area contributed by atoms with Crippen LogP contribution in [-0.2, 0) is 6.54 Å². The number of rotatable bonds is 6. The van der Waals surface area contributed by atoms with E-state index in [1.54, 1.807) is 12.1 Å². The Hall–Kier alpha value is -2.44. The van der Waals surface area contributed by atoms with Crippen molar-refractivity contribution in [1.82, 2.24) is 9.80 Å². The van der Waals surface area contributed by atoms with E-state index in [1.165, 1.54) is 24.0 Å². The third-order valence-corrected chi connectivity index (χ3v) is 7.05. The lowest BCUT2D eigenvalue weighted by Gasteiger charge is -2.47. The highest BCUT2D eigenvalue weighted by Gasteiger charge is 2.42. The van der Waals surface area contributed by atoms with Crippen LogP contribution in [0.4, 0.5) is 5.69 Å². The summed E-state index contributed by atoms with van der Waals surface area (Å²) in [4.78, 5) is 16.5. The predicted molar refractivity (Wildman–Crippen MR) is 141 cm³/mol. The van der Waals surface area contributed by atoms with E-state index in [0.29, 0.717) is 18.6 Å². The Labute approximate surface area is 213 Å².